The minimum atomic E-state index is -1.09. The molecule has 3 aliphatic rings. The van der Waals surface area contributed by atoms with Crippen LogP contribution in [-0.2, 0) is 57.2 Å². The summed E-state index contributed by atoms with van der Waals surface area (Å²) in [6.07, 6.45) is -2.18. The first kappa shape index (κ1) is 52.0. The number of hydrogen-bond acceptors (Lipinski definition) is 21. The van der Waals surface area contributed by atoms with Crippen LogP contribution in [0.15, 0.2) is 72.8 Å². The van der Waals surface area contributed by atoms with Gasteiger partial charge >= 0.3 is 35.8 Å². The molecule has 0 spiro atoms. The molecule has 0 aromatic heterocycles. The molecule has 72 heavy (non-hydrogen) atoms. The fourth-order valence-corrected chi connectivity index (χ4v) is 6.91. The summed E-state index contributed by atoms with van der Waals surface area (Å²) in [7, 11) is 0. The zero-order valence-corrected chi connectivity index (χ0v) is 38.9. The van der Waals surface area contributed by atoms with Gasteiger partial charge in [-0.1, -0.05) is 12.1 Å². The molecule has 0 N–H and O–H groups in total. The van der Waals surface area contributed by atoms with Gasteiger partial charge in [0.15, 0.2) is 43.0 Å². The lowest BCUT2D eigenvalue weighted by atomic mass is 9.84. The van der Waals surface area contributed by atoms with Crippen LogP contribution in [-0.4, -0.2) is 126 Å². The Labute approximate surface area is 406 Å². The van der Waals surface area contributed by atoms with Crippen LogP contribution in [0.25, 0.3) is 0 Å². The molecule has 4 amide bonds. The van der Waals surface area contributed by atoms with E-state index in [1.54, 1.807) is 0 Å². The second-order valence-electron chi connectivity index (χ2n) is 15.5. The standard InChI is InChI=1S/C26H24O12.C23H16N2O9/c1-13(25(31)35-11-33-15(3)27)37-17-5-7-19-21(9-17)23(29)20-8-6-18(10-22(20)24(19)30)38-14(2)26(32)36-12-34-16(4)28;1-11(26)33-9-24-20(29)15-5-3-13(7-17(15)22(24)31)19(28)14-4-6-16-18(8-14)23(32)25(21(16)30)10-34-12(2)27/h5-10,13-14H,11-12H2,1-4H3;3-8H,9-10H2,1-2H3. The molecule has 7 rings (SSSR count). The summed E-state index contributed by atoms with van der Waals surface area (Å²) in [5, 5.41) is 0. The smallest absolute Gasteiger partial charge is 0.349 e. The molecular formula is C49H40N2O21. The van der Waals surface area contributed by atoms with E-state index >= 15 is 0 Å². The highest BCUT2D eigenvalue weighted by Gasteiger charge is 2.39. The largest absolute Gasteiger partial charge is 0.479 e. The summed E-state index contributed by atoms with van der Waals surface area (Å²) >= 11 is 0. The van der Waals surface area contributed by atoms with Crippen molar-refractivity contribution in [1.29, 1.82) is 0 Å². The molecule has 0 saturated heterocycles. The maximum absolute atomic E-state index is 13.1. The molecule has 4 aromatic rings. The van der Waals surface area contributed by atoms with Crippen molar-refractivity contribution < 1.29 is 100 Å². The van der Waals surface area contributed by atoms with E-state index in [0.717, 1.165) is 37.5 Å². The third kappa shape index (κ3) is 11.5. The lowest BCUT2D eigenvalue weighted by Gasteiger charge is -2.21. The molecule has 2 aliphatic heterocycles. The summed E-state index contributed by atoms with van der Waals surface area (Å²) in [5.74, 6) is -8.07. The summed E-state index contributed by atoms with van der Waals surface area (Å²) in [6.45, 7) is 5.21. The maximum Gasteiger partial charge on any atom is 0.349 e. The van der Waals surface area contributed by atoms with Gasteiger partial charge in [0, 0.05) is 61.1 Å². The fraction of sp³-hybridized carbons (Fsp3) is 0.245. The number of fused-ring (bicyclic) bond motifs is 4. The Hall–Kier alpha value is -9.41. The molecule has 372 valence electrons. The Morgan fingerprint density at radius 3 is 1.08 bits per heavy atom. The van der Waals surface area contributed by atoms with Gasteiger partial charge in [-0.05, 0) is 74.5 Å². The van der Waals surface area contributed by atoms with Gasteiger partial charge in [0.25, 0.3) is 23.6 Å². The van der Waals surface area contributed by atoms with Crippen molar-refractivity contribution in [3.05, 3.63) is 128 Å². The van der Waals surface area contributed by atoms with Crippen LogP contribution in [0.1, 0.15) is 131 Å². The Bertz CT molecular complexity index is 2830. The SMILES string of the molecule is CC(=O)OCN1C(=O)c2ccc(C(=O)c3ccc4c(c3)C(=O)N(COC(C)=O)C4=O)cc2C1=O.CC(=O)OCOC(=O)C(C)Oc1ccc2c(c1)C(=O)c1ccc(OC(C)C(=O)OCOC(C)=O)cc1C2=O. The molecule has 0 bridgehead atoms. The summed E-state index contributed by atoms with van der Waals surface area (Å²) in [4.78, 5) is 158. The third-order valence-electron chi connectivity index (χ3n) is 10.4. The number of rotatable bonds is 16. The minimum absolute atomic E-state index is 0.0250. The predicted octanol–water partition coefficient (Wildman–Crippen LogP) is 3.28. The highest BCUT2D eigenvalue weighted by molar-refractivity contribution is 6.29. The lowest BCUT2D eigenvalue weighted by Crippen LogP contribution is -2.32. The second-order valence-corrected chi connectivity index (χ2v) is 15.5. The molecule has 0 radical (unpaired) electrons. The second kappa shape index (κ2) is 21.9. The molecule has 23 nitrogen and oxygen atoms in total. The van der Waals surface area contributed by atoms with Crippen molar-refractivity contribution in [3.8, 4) is 11.5 Å². The molecule has 2 unspecified atom stereocenters. The number of carbonyl (C=O) groups excluding carboxylic acids is 13. The van der Waals surface area contributed by atoms with Crippen molar-refractivity contribution in [2.75, 3.05) is 27.0 Å². The highest BCUT2D eigenvalue weighted by Crippen LogP contribution is 2.33. The number of benzene rings is 4. The van der Waals surface area contributed by atoms with Crippen molar-refractivity contribution in [2.45, 2.75) is 53.8 Å². The van der Waals surface area contributed by atoms with Gasteiger partial charge in [-0.25, -0.2) is 19.4 Å². The summed E-state index contributed by atoms with van der Waals surface area (Å²) < 4.78 is 39.2. The van der Waals surface area contributed by atoms with E-state index in [0.29, 0.717) is 0 Å². The van der Waals surface area contributed by atoms with Gasteiger partial charge < -0.3 is 37.9 Å². The molecule has 4 aromatic carbocycles. The predicted molar refractivity (Wildman–Crippen MR) is 236 cm³/mol. The Balaban J connectivity index is 0.000000237. The molecule has 0 fully saturated rings. The molecule has 1 aliphatic carbocycles. The van der Waals surface area contributed by atoms with E-state index < -0.39 is 116 Å². The van der Waals surface area contributed by atoms with E-state index in [9.17, 15) is 62.3 Å². The molecule has 0 saturated carbocycles. The maximum atomic E-state index is 13.1. The Kier molecular flexibility index (Phi) is 15.8. The zero-order valence-electron chi connectivity index (χ0n) is 38.9. The first-order chi connectivity index (χ1) is 34.1. The number of ketones is 3. The topological polar surface area (TPSA) is 302 Å². The van der Waals surface area contributed by atoms with Crippen molar-refractivity contribution >= 4 is 76.8 Å². The van der Waals surface area contributed by atoms with Crippen LogP contribution in [0.3, 0.4) is 0 Å². The van der Waals surface area contributed by atoms with Crippen LogP contribution in [0.2, 0.25) is 0 Å². The monoisotopic (exact) mass is 992 g/mol. The first-order valence-corrected chi connectivity index (χ1v) is 21.2. The summed E-state index contributed by atoms with van der Waals surface area (Å²) in [5.41, 5.74) is 0.607. The van der Waals surface area contributed by atoms with Gasteiger partial charge in [-0.15, -0.1) is 0 Å². The number of nitrogens with zero attached hydrogens (tertiary/aromatic N) is 2. The zero-order chi connectivity index (χ0) is 52.7. The van der Waals surface area contributed by atoms with Crippen LogP contribution >= 0.6 is 0 Å². The molecular weight excluding hydrogens is 953 g/mol. The average molecular weight is 993 g/mol. The molecule has 2 atom stereocenters. The number of esters is 6. The van der Waals surface area contributed by atoms with Gasteiger partial charge in [0.1, 0.15) is 11.5 Å². The molecule has 23 heteroatoms. The normalized spacial score (nSPS) is 13.8. The van der Waals surface area contributed by atoms with Crippen LogP contribution in [0.4, 0.5) is 0 Å². The van der Waals surface area contributed by atoms with E-state index in [2.05, 4.69) is 9.47 Å². The van der Waals surface area contributed by atoms with Crippen molar-refractivity contribution in [3.63, 3.8) is 0 Å². The van der Waals surface area contributed by atoms with Crippen LogP contribution in [0, 0.1) is 0 Å². The van der Waals surface area contributed by atoms with Crippen LogP contribution in [0.5, 0.6) is 11.5 Å². The van der Waals surface area contributed by atoms with E-state index in [4.69, 9.17) is 28.4 Å². The minimum Gasteiger partial charge on any atom is -0.479 e. The Morgan fingerprint density at radius 1 is 0.403 bits per heavy atom. The highest BCUT2D eigenvalue weighted by atomic mass is 16.7. The van der Waals surface area contributed by atoms with Gasteiger partial charge in [0.05, 0.1) is 22.3 Å². The third-order valence-corrected chi connectivity index (χ3v) is 10.4. The fourth-order valence-electron chi connectivity index (χ4n) is 6.91. The number of imide groups is 2. The van der Waals surface area contributed by atoms with Crippen molar-refractivity contribution in [1.82, 2.24) is 9.80 Å². The van der Waals surface area contributed by atoms with E-state index in [-0.39, 0.29) is 67.1 Å². The lowest BCUT2D eigenvalue weighted by molar-refractivity contribution is -0.172. The van der Waals surface area contributed by atoms with Crippen molar-refractivity contribution in [2.24, 2.45) is 0 Å². The Morgan fingerprint density at radius 2 is 0.736 bits per heavy atom. The van der Waals surface area contributed by atoms with E-state index in [1.165, 1.54) is 86.6 Å². The number of ether oxygens (including phenoxy) is 8. The van der Waals surface area contributed by atoms with Gasteiger partial charge in [0.2, 0.25) is 13.6 Å². The molecule has 2 heterocycles. The number of amides is 4. The average Bonchev–Trinajstić information content (AvgIpc) is 3.72. The van der Waals surface area contributed by atoms with Crippen LogP contribution < -0.4 is 9.47 Å². The van der Waals surface area contributed by atoms with Gasteiger partial charge in [-0.3, -0.25) is 52.7 Å². The van der Waals surface area contributed by atoms with Gasteiger partial charge in [-0.2, -0.15) is 0 Å². The first-order valence-electron chi connectivity index (χ1n) is 21.2. The number of hydrogen-bond donors (Lipinski definition) is 0. The van der Waals surface area contributed by atoms with E-state index in [1.807, 2.05) is 0 Å². The summed E-state index contributed by atoms with van der Waals surface area (Å²) in [6, 6.07) is 16.2. The number of carbonyl (C=O) groups is 13. The quantitative estimate of drug-likeness (QED) is 0.0450.